The number of carbonyl (C=O) groups excluding carboxylic acids is 2. The molecule has 1 aliphatic carbocycles. The van der Waals surface area contributed by atoms with Gasteiger partial charge in [0.05, 0.1) is 42.4 Å². The highest BCUT2D eigenvalue weighted by Crippen LogP contribution is 2.47. The predicted molar refractivity (Wildman–Crippen MR) is 132 cm³/mol. The Balaban J connectivity index is 1.63. The van der Waals surface area contributed by atoms with E-state index in [1.54, 1.807) is 6.07 Å². The van der Waals surface area contributed by atoms with Crippen molar-refractivity contribution in [1.29, 1.82) is 0 Å². The van der Waals surface area contributed by atoms with Crippen LogP contribution >= 0.6 is 46.4 Å². The van der Waals surface area contributed by atoms with E-state index in [1.165, 1.54) is 5.56 Å². The van der Waals surface area contributed by atoms with E-state index >= 15 is 0 Å². The first-order valence-corrected chi connectivity index (χ1v) is 11.8. The Labute approximate surface area is 206 Å². The van der Waals surface area contributed by atoms with Crippen molar-refractivity contribution in [3.63, 3.8) is 0 Å². The number of ketones is 2. The third kappa shape index (κ3) is 4.08. The minimum atomic E-state index is -1.12. The zero-order valence-corrected chi connectivity index (χ0v) is 20.2. The average Bonchev–Trinajstić information content (AvgIpc) is 3.05. The summed E-state index contributed by atoms with van der Waals surface area (Å²) >= 11 is 24.7. The molecule has 0 saturated carbocycles. The van der Waals surface area contributed by atoms with Crippen LogP contribution < -0.4 is 0 Å². The minimum Gasteiger partial charge on any atom is -0.293 e. The smallest absolute Gasteiger partial charge is 0.182 e. The number of hydrogen-bond acceptors (Lipinski definition) is 3. The fraction of sp³-hybridized carbons (Fsp3) is 0.240. The standard InChI is InChI=1S/C25H19Cl4NO2/c1-2-3-4-5-6-7-13-8-10-15-14(12-13)9-11-16(30-15)17-24(31)18-19(25(17)32)21(27)23(29)22(28)20(18)26/h2-3,8-12,17H,4-7H2,1H3/b3-2-. The lowest BCUT2D eigenvalue weighted by Gasteiger charge is -2.09. The summed E-state index contributed by atoms with van der Waals surface area (Å²) in [6.45, 7) is 2.03. The lowest BCUT2D eigenvalue weighted by molar-refractivity contribution is 0.0888. The van der Waals surface area contributed by atoms with Gasteiger partial charge in [0.25, 0.3) is 0 Å². The Kier molecular flexibility index (Phi) is 6.92. The molecule has 2 aromatic carbocycles. The number of nitrogens with zero attached hydrogens (tertiary/aromatic N) is 1. The number of aryl methyl sites for hydroxylation is 1. The SMILES string of the molecule is C/C=C\CCCCc1ccc2nc(C3C(=O)c4c(Cl)c(Cl)c(Cl)c(Cl)c4C3=O)ccc2c1. The monoisotopic (exact) mass is 505 g/mol. The van der Waals surface area contributed by atoms with Gasteiger partial charge >= 0.3 is 0 Å². The highest BCUT2D eigenvalue weighted by atomic mass is 35.5. The largest absolute Gasteiger partial charge is 0.293 e. The minimum absolute atomic E-state index is 0.0104. The number of halogens is 4. The molecule has 0 radical (unpaired) electrons. The molecule has 1 aliphatic rings. The number of carbonyl (C=O) groups is 2. The summed E-state index contributed by atoms with van der Waals surface area (Å²) in [6.07, 6.45) is 8.58. The second kappa shape index (κ2) is 9.52. The summed E-state index contributed by atoms with van der Waals surface area (Å²) in [7, 11) is 0. The van der Waals surface area contributed by atoms with E-state index in [0.717, 1.165) is 31.1 Å². The molecular weight excluding hydrogens is 488 g/mol. The molecule has 0 unspecified atom stereocenters. The second-order valence-corrected chi connectivity index (χ2v) is 9.26. The van der Waals surface area contributed by atoms with Gasteiger partial charge in [0.1, 0.15) is 5.92 Å². The van der Waals surface area contributed by atoms with Crippen LogP contribution in [0.5, 0.6) is 0 Å². The summed E-state index contributed by atoms with van der Waals surface area (Å²) in [5, 5.41) is 0.762. The van der Waals surface area contributed by atoms with Crippen LogP contribution in [0.15, 0.2) is 42.5 Å². The highest BCUT2D eigenvalue weighted by Gasteiger charge is 2.45. The quantitative estimate of drug-likeness (QED) is 0.111. The van der Waals surface area contributed by atoms with Gasteiger partial charge in [0, 0.05) is 5.39 Å². The Hall–Kier alpha value is -1.91. The third-order valence-electron chi connectivity index (χ3n) is 5.68. The van der Waals surface area contributed by atoms with Gasteiger partial charge in [-0.1, -0.05) is 70.7 Å². The number of unbranched alkanes of at least 4 members (excludes halogenated alkanes) is 2. The van der Waals surface area contributed by atoms with Crippen molar-refractivity contribution in [2.45, 2.75) is 38.5 Å². The van der Waals surface area contributed by atoms with E-state index in [0.29, 0.717) is 11.2 Å². The van der Waals surface area contributed by atoms with Crippen molar-refractivity contribution in [3.05, 3.63) is 85.0 Å². The number of Topliss-reactive ketones (excluding diaryl/α,β-unsaturated/α-hetero) is 2. The van der Waals surface area contributed by atoms with Crippen LogP contribution in [0.4, 0.5) is 0 Å². The van der Waals surface area contributed by atoms with E-state index in [9.17, 15) is 9.59 Å². The number of benzene rings is 2. The van der Waals surface area contributed by atoms with Crippen LogP contribution in [-0.4, -0.2) is 16.6 Å². The molecule has 0 saturated heterocycles. The molecule has 3 aromatic rings. The van der Waals surface area contributed by atoms with E-state index in [1.807, 2.05) is 25.1 Å². The van der Waals surface area contributed by atoms with Crippen LogP contribution in [0.25, 0.3) is 10.9 Å². The molecule has 0 N–H and O–H groups in total. The maximum Gasteiger partial charge on any atom is 0.182 e. The average molecular weight is 507 g/mol. The van der Waals surface area contributed by atoms with Gasteiger partial charge in [-0.3, -0.25) is 14.6 Å². The van der Waals surface area contributed by atoms with Crippen molar-refractivity contribution in [3.8, 4) is 0 Å². The zero-order valence-electron chi connectivity index (χ0n) is 17.2. The summed E-state index contributed by atoms with van der Waals surface area (Å²) in [6, 6.07) is 9.64. The normalized spacial score (nSPS) is 14.2. The van der Waals surface area contributed by atoms with Crippen LogP contribution in [0.2, 0.25) is 20.1 Å². The summed E-state index contributed by atoms with van der Waals surface area (Å²) in [5.74, 6) is -2.06. The number of allylic oxidation sites excluding steroid dienone is 2. The molecular formula is C25H19Cl4NO2. The van der Waals surface area contributed by atoms with Crippen molar-refractivity contribution in [2.24, 2.45) is 0 Å². The molecule has 1 aromatic heterocycles. The molecule has 0 aliphatic heterocycles. The third-order valence-corrected chi connectivity index (χ3v) is 7.48. The Morgan fingerprint density at radius 2 is 1.53 bits per heavy atom. The Morgan fingerprint density at radius 1 is 0.875 bits per heavy atom. The molecule has 0 atom stereocenters. The van der Waals surface area contributed by atoms with E-state index in [4.69, 9.17) is 46.4 Å². The van der Waals surface area contributed by atoms with Gasteiger partial charge in [-0.25, -0.2) is 0 Å². The Morgan fingerprint density at radius 3 is 2.16 bits per heavy atom. The maximum atomic E-state index is 13.1. The molecule has 0 spiro atoms. The molecule has 4 rings (SSSR count). The van der Waals surface area contributed by atoms with E-state index < -0.39 is 17.5 Å². The fourth-order valence-electron chi connectivity index (χ4n) is 4.04. The molecule has 164 valence electrons. The van der Waals surface area contributed by atoms with Crippen LogP contribution in [-0.2, 0) is 6.42 Å². The Bertz CT molecular complexity index is 1240. The zero-order chi connectivity index (χ0) is 23.0. The maximum absolute atomic E-state index is 13.1. The molecule has 0 fully saturated rings. The van der Waals surface area contributed by atoms with Gasteiger partial charge < -0.3 is 0 Å². The van der Waals surface area contributed by atoms with Crippen molar-refractivity contribution >= 4 is 68.9 Å². The lowest BCUT2D eigenvalue weighted by atomic mass is 9.97. The first-order valence-electron chi connectivity index (χ1n) is 10.3. The van der Waals surface area contributed by atoms with Gasteiger partial charge in [0.15, 0.2) is 11.6 Å². The van der Waals surface area contributed by atoms with E-state index in [2.05, 4.69) is 23.2 Å². The number of pyridine rings is 1. The first-order chi connectivity index (χ1) is 15.3. The van der Waals surface area contributed by atoms with E-state index in [-0.39, 0.29) is 31.2 Å². The first kappa shape index (κ1) is 23.3. The molecule has 32 heavy (non-hydrogen) atoms. The summed E-state index contributed by atoms with van der Waals surface area (Å²) < 4.78 is 0. The molecule has 3 nitrogen and oxygen atoms in total. The number of aromatic nitrogens is 1. The molecule has 0 amide bonds. The predicted octanol–water partition coefficient (Wildman–Crippen LogP) is 8.30. The molecule has 1 heterocycles. The van der Waals surface area contributed by atoms with Crippen LogP contribution in [0.1, 0.15) is 64.1 Å². The van der Waals surface area contributed by atoms with Crippen LogP contribution in [0.3, 0.4) is 0 Å². The summed E-state index contributed by atoms with van der Waals surface area (Å²) in [5.41, 5.74) is 2.32. The molecule has 7 heteroatoms. The van der Waals surface area contributed by atoms with Gasteiger partial charge in [0.2, 0.25) is 0 Å². The van der Waals surface area contributed by atoms with Gasteiger partial charge in [-0.05, 0) is 56.4 Å². The lowest BCUT2D eigenvalue weighted by Crippen LogP contribution is -2.14. The van der Waals surface area contributed by atoms with Crippen molar-refractivity contribution in [2.75, 3.05) is 0 Å². The van der Waals surface area contributed by atoms with Crippen LogP contribution in [0, 0.1) is 0 Å². The molecule has 0 bridgehead atoms. The topological polar surface area (TPSA) is 47.0 Å². The number of fused-ring (bicyclic) bond motifs is 2. The highest BCUT2D eigenvalue weighted by molar-refractivity contribution is 6.55. The number of rotatable bonds is 6. The summed E-state index contributed by atoms with van der Waals surface area (Å²) in [4.78, 5) is 30.8. The van der Waals surface area contributed by atoms with Gasteiger partial charge in [-0.15, -0.1) is 0 Å². The number of hydrogen-bond donors (Lipinski definition) is 0. The van der Waals surface area contributed by atoms with Crippen molar-refractivity contribution < 1.29 is 9.59 Å². The van der Waals surface area contributed by atoms with Crippen molar-refractivity contribution in [1.82, 2.24) is 4.98 Å². The fourth-order valence-corrected chi connectivity index (χ4v) is 5.07. The second-order valence-electron chi connectivity index (χ2n) is 7.75. The van der Waals surface area contributed by atoms with Gasteiger partial charge in [-0.2, -0.15) is 0 Å².